The number of benzene rings is 1. The maximum absolute atomic E-state index is 11.8. The summed E-state index contributed by atoms with van der Waals surface area (Å²) in [6.45, 7) is 3.22. The molecule has 0 aliphatic carbocycles. The van der Waals surface area contributed by atoms with Crippen LogP contribution < -0.4 is 15.4 Å². The van der Waals surface area contributed by atoms with Gasteiger partial charge in [0.25, 0.3) is 0 Å². The zero-order valence-corrected chi connectivity index (χ0v) is 11.8. The molecular weight excluding hydrogens is 278 g/mol. The normalized spacial score (nSPS) is 15.9. The first-order valence-electron chi connectivity index (χ1n) is 6.40. The van der Waals surface area contributed by atoms with Crippen LogP contribution in [0.3, 0.4) is 0 Å². The number of hydrogen-bond acceptors (Lipinski definition) is 6. The van der Waals surface area contributed by atoms with Crippen molar-refractivity contribution in [2.45, 2.75) is 12.5 Å². The molecule has 0 radical (unpaired) electrons. The van der Waals surface area contributed by atoms with Crippen LogP contribution in [0.5, 0.6) is 5.75 Å². The van der Waals surface area contributed by atoms with Crippen LogP contribution in [0.25, 0.3) is 0 Å². The number of rotatable bonds is 6. The number of methoxy groups -OCH3 is 1. The van der Waals surface area contributed by atoms with Crippen molar-refractivity contribution in [1.29, 1.82) is 0 Å². The molecule has 0 saturated carbocycles. The number of anilines is 1. The van der Waals surface area contributed by atoms with E-state index in [9.17, 15) is 14.9 Å². The average molecular weight is 295 g/mol. The molecular formula is C13H17N3O5. The molecule has 0 spiro atoms. The zero-order chi connectivity index (χ0) is 15.5. The molecule has 1 fully saturated rings. The molecule has 1 aromatic rings. The van der Waals surface area contributed by atoms with Crippen LogP contribution in [0.4, 0.5) is 11.4 Å². The van der Waals surface area contributed by atoms with Crippen LogP contribution in [0.1, 0.15) is 6.92 Å². The first kappa shape index (κ1) is 15.2. The van der Waals surface area contributed by atoms with Gasteiger partial charge in [-0.25, -0.2) is 0 Å². The van der Waals surface area contributed by atoms with Gasteiger partial charge in [-0.15, -0.1) is 0 Å². The standard InChI is InChI=1S/C13H17N3O5/c1-13(7-14-8-13)21-6-12(17)15-9-3-4-11(20-2)10(5-9)16(18)19/h3-5,14H,6-8H2,1-2H3,(H,15,17). The molecule has 2 N–H and O–H groups in total. The summed E-state index contributed by atoms with van der Waals surface area (Å²) in [7, 11) is 1.35. The average Bonchev–Trinajstić information content (AvgIpc) is 2.43. The predicted octanol–water partition coefficient (Wildman–Crippen LogP) is 0.920. The molecule has 1 saturated heterocycles. The van der Waals surface area contributed by atoms with Crippen molar-refractivity contribution in [2.75, 3.05) is 32.1 Å². The number of nitrogens with zero attached hydrogens (tertiary/aromatic N) is 1. The van der Waals surface area contributed by atoms with Crippen LogP contribution in [0, 0.1) is 10.1 Å². The number of nitrogens with one attached hydrogen (secondary N) is 2. The van der Waals surface area contributed by atoms with Crippen molar-refractivity contribution < 1.29 is 19.2 Å². The van der Waals surface area contributed by atoms with Crippen LogP contribution in [-0.2, 0) is 9.53 Å². The molecule has 8 nitrogen and oxygen atoms in total. The van der Waals surface area contributed by atoms with Gasteiger partial charge in [-0.05, 0) is 19.1 Å². The Kier molecular flexibility index (Phi) is 4.39. The van der Waals surface area contributed by atoms with E-state index in [1.807, 2.05) is 6.92 Å². The summed E-state index contributed by atoms with van der Waals surface area (Å²) in [6.07, 6.45) is 0. The van der Waals surface area contributed by atoms with E-state index >= 15 is 0 Å². The van der Waals surface area contributed by atoms with Gasteiger partial charge in [-0.1, -0.05) is 0 Å². The highest BCUT2D eigenvalue weighted by Gasteiger charge is 2.33. The van der Waals surface area contributed by atoms with Crippen LogP contribution in [-0.4, -0.2) is 43.2 Å². The van der Waals surface area contributed by atoms with Gasteiger partial charge in [0.2, 0.25) is 5.91 Å². The van der Waals surface area contributed by atoms with Crippen molar-refractivity contribution in [1.82, 2.24) is 5.32 Å². The van der Waals surface area contributed by atoms with Gasteiger partial charge in [0.15, 0.2) is 5.75 Å². The van der Waals surface area contributed by atoms with Gasteiger partial charge in [0, 0.05) is 24.8 Å². The lowest BCUT2D eigenvalue weighted by atomic mass is 10.0. The van der Waals surface area contributed by atoms with Crippen molar-refractivity contribution in [3.05, 3.63) is 28.3 Å². The van der Waals surface area contributed by atoms with Gasteiger partial charge in [0.1, 0.15) is 6.61 Å². The predicted molar refractivity (Wildman–Crippen MR) is 75.5 cm³/mol. The zero-order valence-electron chi connectivity index (χ0n) is 11.8. The number of carbonyl (C=O) groups excluding carboxylic acids is 1. The number of nitro groups is 1. The fourth-order valence-corrected chi connectivity index (χ4v) is 1.93. The lowest BCUT2D eigenvalue weighted by molar-refractivity contribution is -0.385. The first-order chi connectivity index (χ1) is 9.93. The second-order valence-corrected chi connectivity index (χ2v) is 5.03. The Morgan fingerprint density at radius 1 is 1.52 bits per heavy atom. The lowest BCUT2D eigenvalue weighted by Crippen LogP contribution is -2.59. The maximum Gasteiger partial charge on any atom is 0.312 e. The highest BCUT2D eigenvalue weighted by atomic mass is 16.6. The molecule has 0 atom stereocenters. The number of carbonyl (C=O) groups is 1. The third-order valence-electron chi connectivity index (χ3n) is 3.21. The fraction of sp³-hybridized carbons (Fsp3) is 0.462. The number of amides is 1. The molecule has 8 heteroatoms. The molecule has 21 heavy (non-hydrogen) atoms. The summed E-state index contributed by atoms with van der Waals surface area (Å²) in [5, 5.41) is 16.5. The second-order valence-electron chi connectivity index (χ2n) is 5.03. The Morgan fingerprint density at radius 3 is 2.76 bits per heavy atom. The van der Waals surface area contributed by atoms with E-state index in [-0.39, 0.29) is 29.6 Å². The highest BCUT2D eigenvalue weighted by molar-refractivity contribution is 5.92. The van der Waals surface area contributed by atoms with Crippen molar-refractivity contribution in [3.8, 4) is 5.75 Å². The lowest BCUT2D eigenvalue weighted by Gasteiger charge is -2.38. The van der Waals surface area contributed by atoms with Crippen molar-refractivity contribution in [2.24, 2.45) is 0 Å². The molecule has 0 aromatic heterocycles. The summed E-state index contributed by atoms with van der Waals surface area (Å²) >= 11 is 0. The minimum Gasteiger partial charge on any atom is -0.490 e. The number of hydrogen-bond donors (Lipinski definition) is 2. The minimum absolute atomic E-state index is 0.0992. The third kappa shape index (κ3) is 3.67. The van der Waals surface area contributed by atoms with E-state index in [0.29, 0.717) is 18.8 Å². The topological polar surface area (TPSA) is 103 Å². The monoisotopic (exact) mass is 295 g/mol. The second kappa shape index (κ2) is 6.06. The third-order valence-corrected chi connectivity index (χ3v) is 3.21. The Balaban J connectivity index is 1.97. The minimum atomic E-state index is -0.563. The summed E-state index contributed by atoms with van der Waals surface area (Å²) in [6, 6.07) is 4.23. The van der Waals surface area contributed by atoms with Crippen LogP contribution in [0.15, 0.2) is 18.2 Å². The molecule has 1 aliphatic rings. The molecule has 0 unspecified atom stereocenters. The molecule has 1 amide bonds. The van der Waals surface area contributed by atoms with E-state index in [2.05, 4.69) is 10.6 Å². The van der Waals surface area contributed by atoms with Gasteiger partial charge >= 0.3 is 5.69 Å². The Hall–Kier alpha value is -2.19. The van der Waals surface area contributed by atoms with Crippen LogP contribution in [0.2, 0.25) is 0 Å². The molecule has 1 heterocycles. The van der Waals surface area contributed by atoms with E-state index in [1.165, 1.54) is 25.3 Å². The summed E-state index contributed by atoms with van der Waals surface area (Å²) in [5.74, 6) is -0.218. The molecule has 1 aliphatic heterocycles. The maximum atomic E-state index is 11.8. The number of nitro benzene ring substituents is 1. The van der Waals surface area contributed by atoms with E-state index in [0.717, 1.165) is 0 Å². The highest BCUT2D eigenvalue weighted by Crippen LogP contribution is 2.29. The SMILES string of the molecule is COc1ccc(NC(=O)COC2(C)CNC2)cc1[N+](=O)[O-]. The van der Waals surface area contributed by atoms with Crippen molar-refractivity contribution >= 4 is 17.3 Å². The quantitative estimate of drug-likeness (QED) is 0.597. The summed E-state index contributed by atoms with van der Waals surface area (Å²) in [5.41, 5.74) is -0.192. The summed E-state index contributed by atoms with van der Waals surface area (Å²) < 4.78 is 10.4. The van der Waals surface area contributed by atoms with E-state index in [4.69, 9.17) is 9.47 Å². The van der Waals surface area contributed by atoms with E-state index in [1.54, 1.807) is 0 Å². The summed E-state index contributed by atoms with van der Waals surface area (Å²) in [4.78, 5) is 22.1. The Labute approximate surface area is 121 Å². The number of ether oxygens (including phenoxy) is 2. The molecule has 114 valence electrons. The van der Waals surface area contributed by atoms with Gasteiger partial charge < -0.3 is 20.1 Å². The Morgan fingerprint density at radius 2 is 2.24 bits per heavy atom. The largest absolute Gasteiger partial charge is 0.490 e. The Bertz CT molecular complexity index is 557. The smallest absolute Gasteiger partial charge is 0.312 e. The molecule has 1 aromatic carbocycles. The van der Waals surface area contributed by atoms with E-state index < -0.39 is 4.92 Å². The first-order valence-corrected chi connectivity index (χ1v) is 6.40. The van der Waals surface area contributed by atoms with Gasteiger partial charge in [-0.2, -0.15) is 0 Å². The molecule has 0 bridgehead atoms. The van der Waals surface area contributed by atoms with Gasteiger partial charge in [-0.3, -0.25) is 14.9 Å². The van der Waals surface area contributed by atoms with Gasteiger partial charge in [0.05, 0.1) is 17.6 Å². The fourth-order valence-electron chi connectivity index (χ4n) is 1.93. The van der Waals surface area contributed by atoms with Crippen molar-refractivity contribution in [3.63, 3.8) is 0 Å². The molecule has 2 rings (SSSR count). The van der Waals surface area contributed by atoms with Crippen LogP contribution >= 0.6 is 0 Å².